The first kappa shape index (κ1) is 14.2. The Kier molecular flexibility index (Phi) is 3.98. The molecule has 0 aliphatic rings. The molecule has 17 heavy (non-hydrogen) atoms. The van der Waals surface area contributed by atoms with Crippen LogP contribution < -0.4 is 0 Å². The summed E-state index contributed by atoms with van der Waals surface area (Å²) in [6.45, 7) is 14.8. The molecule has 0 saturated carbocycles. The van der Waals surface area contributed by atoms with E-state index in [9.17, 15) is 5.11 Å². The standard InChI is InChI=1S/C15H25NO/c1-9(2)14-10(3)16-13(11(4)17)8-12(14)15(5,6)7/h8-9,11,17H,1-7H3. The Labute approximate surface area is 105 Å². The fourth-order valence-electron chi connectivity index (χ4n) is 2.27. The number of aromatic nitrogens is 1. The second-order valence-corrected chi connectivity index (χ2v) is 6.17. The number of aliphatic hydroxyl groups is 1. The van der Waals surface area contributed by atoms with Gasteiger partial charge in [0.25, 0.3) is 0 Å². The molecular formula is C15H25NO. The topological polar surface area (TPSA) is 33.1 Å². The highest BCUT2D eigenvalue weighted by Gasteiger charge is 2.23. The number of nitrogens with zero attached hydrogens (tertiary/aromatic N) is 1. The third-order valence-electron chi connectivity index (χ3n) is 3.08. The number of aryl methyl sites for hydroxylation is 1. The summed E-state index contributed by atoms with van der Waals surface area (Å²) in [5.74, 6) is 0.458. The minimum absolute atomic E-state index is 0.0803. The highest BCUT2D eigenvalue weighted by Crippen LogP contribution is 2.33. The van der Waals surface area contributed by atoms with Crippen LogP contribution in [0.3, 0.4) is 0 Å². The van der Waals surface area contributed by atoms with Crippen LogP contribution in [-0.4, -0.2) is 10.1 Å². The second kappa shape index (κ2) is 4.77. The van der Waals surface area contributed by atoms with Gasteiger partial charge in [-0.05, 0) is 42.4 Å². The quantitative estimate of drug-likeness (QED) is 0.844. The van der Waals surface area contributed by atoms with Gasteiger partial charge < -0.3 is 5.11 Å². The summed E-state index contributed by atoms with van der Waals surface area (Å²) >= 11 is 0. The van der Waals surface area contributed by atoms with Crippen molar-refractivity contribution < 1.29 is 5.11 Å². The summed E-state index contributed by atoms with van der Waals surface area (Å²) in [6, 6.07) is 2.06. The number of hydrogen-bond acceptors (Lipinski definition) is 2. The Morgan fingerprint density at radius 3 is 2.06 bits per heavy atom. The molecule has 0 bridgehead atoms. The maximum absolute atomic E-state index is 9.71. The van der Waals surface area contributed by atoms with Gasteiger partial charge in [0.2, 0.25) is 0 Å². The lowest BCUT2D eigenvalue weighted by atomic mass is 9.80. The highest BCUT2D eigenvalue weighted by atomic mass is 16.3. The van der Waals surface area contributed by atoms with Crippen LogP contribution in [0.15, 0.2) is 6.07 Å². The average Bonchev–Trinajstić information content (AvgIpc) is 2.14. The van der Waals surface area contributed by atoms with E-state index in [0.717, 1.165) is 11.4 Å². The molecule has 1 unspecified atom stereocenters. The van der Waals surface area contributed by atoms with Crippen molar-refractivity contribution in [3.63, 3.8) is 0 Å². The number of rotatable bonds is 2. The van der Waals surface area contributed by atoms with Gasteiger partial charge in [-0.25, -0.2) is 0 Å². The third-order valence-corrected chi connectivity index (χ3v) is 3.08. The van der Waals surface area contributed by atoms with Crippen LogP contribution in [0, 0.1) is 6.92 Å². The van der Waals surface area contributed by atoms with E-state index in [0.29, 0.717) is 5.92 Å². The van der Waals surface area contributed by atoms with Gasteiger partial charge in [0.1, 0.15) is 0 Å². The highest BCUT2D eigenvalue weighted by molar-refractivity contribution is 5.39. The van der Waals surface area contributed by atoms with Crippen LogP contribution in [0.1, 0.15) is 76.1 Å². The minimum atomic E-state index is -0.504. The Bertz CT molecular complexity index is 400. The number of hydrogen-bond donors (Lipinski definition) is 1. The zero-order valence-electron chi connectivity index (χ0n) is 12.1. The van der Waals surface area contributed by atoms with E-state index in [1.54, 1.807) is 6.92 Å². The first-order valence-corrected chi connectivity index (χ1v) is 6.34. The molecule has 1 rings (SSSR count). The molecule has 1 heterocycles. The molecule has 96 valence electrons. The molecule has 0 spiro atoms. The summed E-state index contributed by atoms with van der Waals surface area (Å²) in [6.07, 6.45) is -0.504. The van der Waals surface area contributed by atoms with Crippen molar-refractivity contribution in [2.24, 2.45) is 0 Å². The van der Waals surface area contributed by atoms with Gasteiger partial charge in [0.15, 0.2) is 0 Å². The van der Waals surface area contributed by atoms with Crippen molar-refractivity contribution in [2.75, 3.05) is 0 Å². The maximum atomic E-state index is 9.71. The van der Waals surface area contributed by atoms with E-state index in [2.05, 4.69) is 45.7 Å². The van der Waals surface area contributed by atoms with Crippen LogP contribution in [0.4, 0.5) is 0 Å². The molecule has 1 aromatic rings. The zero-order chi connectivity index (χ0) is 13.4. The lowest BCUT2D eigenvalue weighted by Crippen LogP contribution is -2.18. The van der Waals surface area contributed by atoms with Crippen molar-refractivity contribution >= 4 is 0 Å². The fourth-order valence-corrected chi connectivity index (χ4v) is 2.27. The lowest BCUT2D eigenvalue weighted by molar-refractivity contribution is 0.194. The van der Waals surface area contributed by atoms with Crippen molar-refractivity contribution in [2.45, 2.75) is 65.9 Å². The van der Waals surface area contributed by atoms with Crippen molar-refractivity contribution in [3.8, 4) is 0 Å². The van der Waals surface area contributed by atoms with E-state index in [-0.39, 0.29) is 5.41 Å². The number of pyridine rings is 1. The van der Waals surface area contributed by atoms with Gasteiger partial charge in [0, 0.05) is 5.69 Å². The van der Waals surface area contributed by atoms with E-state index >= 15 is 0 Å². The summed E-state index contributed by atoms with van der Waals surface area (Å²) in [5.41, 5.74) is 4.52. The third kappa shape index (κ3) is 3.06. The van der Waals surface area contributed by atoms with Crippen LogP contribution in [0.25, 0.3) is 0 Å². The molecular weight excluding hydrogens is 210 g/mol. The van der Waals surface area contributed by atoms with Crippen LogP contribution in [0.2, 0.25) is 0 Å². The van der Waals surface area contributed by atoms with E-state index in [1.807, 2.05) is 6.92 Å². The minimum Gasteiger partial charge on any atom is -0.387 e. The maximum Gasteiger partial charge on any atom is 0.0931 e. The second-order valence-electron chi connectivity index (χ2n) is 6.17. The van der Waals surface area contributed by atoms with Crippen molar-refractivity contribution in [1.29, 1.82) is 0 Å². The summed E-state index contributed by atoms with van der Waals surface area (Å²) in [5, 5.41) is 9.71. The van der Waals surface area contributed by atoms with Gasteiger partial charge in [-0.3, -0.25) is 4.98 Å². The Hall–Kier alpha value is -0.890. The average molecular weight is 235 g/mol. The SMILES string of the molecule is Cc1nc(C(C)O)cc(C(C)(C)C)c1C(C)C. The van der Waals surface area contributed by atoms with Crippen LogP contribution in [0.5, 0.6) is 0 Å². The first-order valence-electron chi connectivity index (χ1n) is 6.34. The molecule has 2 heteroatoms. The molecule has 0 aliphatic heterocycles. The molecule has 0 aromatic carbocycles. The molecule has 1 N–H and O–H groups in total. The van der Waals surface area contributed by atoms with Gasteiger partial charge in [-0.15, -0.1) is 0 Å². The smallest absolute Gasteiger partial charge is 0.0931 e. The van der Waals surface area contributed by atoms with Crippen LogP contribution >= 0.6 is 0 Å². The molecule has 0 aliphatic carbocycles. The van der Waals surface area contributed by atoms with Gasteiger partial charge in [0.05, 0.1) is 11.8 Å². The molecule has 0 fully saturated rings. The van der Waals surface area contributed by atoms with E-state index in [1.165, 1.54) is 11.1 Å². The summed E-state index contributed by atoms with van der Waals surface area (Å²) in [4.78, 5) is 4.52. The Balaban J connectivity index is 3.51. The van der Waals surface area contributed by atoms with Crippen LogP contribution in [-0.2, 0) is 5.41 Å². The summed E-state index contributed by atoms with van der Waals surface area (Å²) < 4.78 is 0. The van der Waals surface area contributed by atoms with Gasteiger partial charge in [-0.1, -0.05) is 34.6 Å². The Morgan fingerprint density at radius 2 is 1.71 bits per heavy atom. The predicted octanol–water partition coefficient (Wildman–Crippen LogP) is 3.86. The largest absolute Gasteiger partial charge is 0.387 e. The normalized spacial score (nSPS) is 14.2. The zero-order valence-corrected chi connectivity index (χ0v) is 12.1. The van der Waals surface area contributed by atoms with Crippen molar-refractivity contribution in [1.82, 2.24) is 4.98 Å². The van der Waals surface area contributed by atoms with E-state index < -0.39 is 6.10 Å². The van der Waals surface area contributed by atoms with E-state index in [4.69, 9.17) is 0 Å². The Morgan fingerprint density at radius 1 is 1.18 bits per heavy atom. The number of aliphatic hydroxyl groups excluding tert-OH is 1. The molecule has 0 saturated heterocycles. The fraction of sp³-hybridized carbons (Fsp3) is 0.667. The molecule has 0 radical (unpaired) electrons. The molecule has 1 atom stereocenters. The molecule has 2 nitrogen and oxygen atoms in total. The molecule has 1 aromatic heterocycles. The van der Waals surface area contributed by atoms with Crippen molar-refractivity contribution in [3.05, 3.63) is 28.6 Å². The van der Waals surface area contributed by atoms with Gasteiger partial charge in [-0.2, -0.15) is 0 Å². The molecule has 0 amide bonds. The monoisotopic (exact) mass is 235 g/mol. The predicted molar refractivity (Wildman–Crippen MR) is 72.4 cm³/mol. The lowest BCUT2D eigenvalue weighted by Gasteiger charge is -2.27. The summed E-state index contributed by atoms with van der Waals surface area (Å²) in [7, 11) is 0. The first-order chi connectivity index (χ1) is 7.64. The van der Waals surface area contributed by atoms with Gasteiger partial charge >= 0.3 is 0 Å².